The van der Waals surface area contributed by atoms with Crippen molar-refractivity contribution in [2.75, 3.05) is 0 Å². The minimum Gasteiger partial charge on any atom is -0.316 e. The molecule has 0 saturated heterocycles. The fraction of sp³-hybridized carbons (Fsp3) is 0.526. The highest BCUT2D eigenvalue weighted by atomic mass is 19.4. The summed E-state index contributed by atoms with van der Waals surface area (Å²) >= 11 is 0. The Hall–Kier alpha value is -2.38. The molecule has 5 nitrogen and oxygen atoms in total. The molecule has 0 bridgehead atoms. The van der Waals surface area contributed by atoms with Crippen LogP contribution in [-0.4, -0.2) is 40.4 Å². The molecule has 0 radical (unpaired) electrons. The number of nitrogens with one attached hydrogen (secondary N) is 1. The Morgan fingerprint density at radius 3 is 2.33 bits per heavy atom. The Bertz CT molecular complexity index is 755. The third-order valence-corrected chi connectivity index (χ3v) is 4.99. The summed E-state index contributed by atoms with van der Waals surface area (Å²) in [5.74, 6) is -2.85. The summed E-state index contributed by atoms with van der Waals surface area (Å²) < 4.78 is 42.2. The van der Waals surface area contributed by atoms with E-state index >= 15 is 0 Å². The lowest BCUT2D eigenvalue weighted by molar-refractivity contribution is -0.201. The van der Waals surface area contributed by atoms with Crippen LogP contribution in [0.2, 0.25) is 0 Å². The minimum atomic E-state index is -5.05. The van der Waals surface area contributed by atoms with Gasteiger partial charge in [0.2, 0.25) is 5.91 Å². The molecule has 2 amide bonds. The number of carbonyl (C=O) groups is 2. The smallest absolute Gasteiger partial charge is 0.316 e. The second-order valence-corrected chi connectivity index (χ2v) is 7.27. The van der Waals surface area contributed by atoms with Gasteiger partial charge in [-0.1, -0.05) is 57.0 Å². The van der Waals surface area contributed by atoms with Crippen molar-refractivity contribution in [3.05, 3.63) is 35.9 Å². The summed E-state index contributed by atoms with van der Waals surface area (Å²) in [5.41, 5.74) is -2.86. The number of benzene rings is 1. The normalized spacial score (nSPS) is 23.9. The van der Waals surface area contributed by atoms with Crippen LogP contribution in [-0.2, 0) is 9.59 Å². The van der Waals surface area contributed by atoms with Gasteiger partial charge in [-0.05, 0) is 12.8 Å². The minimum absolute atomic E-state index is 0.0334. The Morgan fingerprint density at radius 2 is 1.81 bits per heavy atom. The highest BCUT2D eigenvalue weighted by molar-refractivity contribution is 6.16. The van der Waals surface area contributed by atoms with Crippen LogP contribution in [0.5, 0.6) is 0 Å². The number of alkyl halides is 3. The van der Waals surface area contributed by atoms with Crippen LogP contribution < -0.4 is 5.32 Å². The van der Waals surface area contributed by atoms with Gasteiger partial charge in [0.1, 0.15) is 5.84 Å². The lowest BCUT2D eigenvalue weighted by Crippen LogP contribution is -2.64. The first-order chi connectivity index (χ1) is 12.7. The number of amides is 2. The molecular weight excluding hydrogens is 359 g/mol. The van der Waals surface area contributed by atoms with Gasteiger partial charge in [-0.15, -0.1) is 0 Å². The topological polar surface area (TPSA) is 61.8 Å². The maximum absolute atomic E-state index is 14.1. The van der Waals surface area contributed by atoms with Crippen LogP contribution in [0, 0.1) is 5.92 Å². The van der Waals surface area contributed by atoms with Crippen molar-refractivity contribution in [3.63, 3.8) is 0 Å². The van der Waals surface area contributed by atoms with Gasteiger partial charge in [0.25, 0.3) is 5.91 Å². The van der Waals surface area contributed by atoms with Gasteiger partial charge in [0.15, 0.2) is 0 Å². The van der Waals surface area contributed by atoms with Gasteiger partial charge < -0.3 is 5.32 Å². The van der Waals surface area contributed by atoms with E-state index in [9.17, 15) is 22.8 Å². The molecule has 0 aromatic heterocycles. The van der Waals surface area contributed by atoms with Gasteiger partial charge in [-0.2, -0.15) is 13.2 Å². The first-order valence-corrected chi connectivity index (χ1v) is 9.05. The van der Waals surface area contributed by atoms with Crippen molar-refractivity contribution < 1.29 is 22.8 Å². The number of nitrogens with zero attached hydrogens (tertiary/aromatic N) is 2. The molecule has 3 rings (SSSR count). The second kappa shape index (κ2) is 6.98. The third-order valence-electron chi connectivity index (χ3n) is 4.99. The van der Waals surface area contributed by atoms with E-state index in [0.29, 0.717) is 18.4 Å². The van der Waals surface area contributed by atoms with E-state index in [1.54, 1.807) is 30.3 Å². The third kappa shape index (κ3) is 3.33. The second-order valence-electron chi connectivity index (χ2n) is 7.27. The first kappa shape index (κ1) is 19.4. The Balaban J connectivity index is 2.13. The standard InChI is InChI=1S/C19H22F3N3O2/c1-12(2)16(26)24-18(19(20,21)22)17(27)25(14-10-6-7-11-14)15(23-18)13-8-4-3-5-9-13/h3-5,8-9,12,14H,6-7,10-11H2,1-2H3,(H,24,26)/t18-/m1/s1. The van der Waals surface area contributed by atoms with E-state index in [1.807, 2.05) is 5.32 Å². The number of rotatable bonds is 4. The summed E-state index contributed by atoms with van der Waals surface area (Å²) in [7, 11) is 0. The summed E-state index contributed by atoms with van der Waals surface area (Å²) in [4.78, 5) is 30.2. The van der Waals surface area contributed by atoms with Crippen LogP contribution in [0.15, 0.2) is 35.3 Å². The molecule has 146 valence electrons. The zero-order chi connectivity index (χ0) is 19.8. The van der Waals surface area contributed by atoms with Gasteiger partial charge in [0.05, 0.1) is 0 Å². The number of aliphatic imine (C=N–C) groups is 1. The fourth-order valence-corrected chi connectivity index (χ4v) is 3.48. The summed E-state index contributed by atoms with van der Waals surface area (Å²) in [6, 6.07) is 7.97. The summed E-state index contributed by atoms with van der Waals surface area (Å²) in [6.45, 7) is 2.94. The highest BCUT2D eigenvalue weighted by Gasteiger charge is 2.67. The summed E-state index contributed by atoms with van der Waals surface area (Å²) in [5, 5.41) is 1.89. The first-order valence-electron chi connectivity index (χ1n) is 9.05. The Morgan fingerprint density at radius 1 is 1.22 bits per heavy atom. The number of hydrogen-bond acceptors (Lipinski definition) is 3. The zero-order valence-electron chi connectivity index (χ0n) is 15.2. The van der Waals surface area contributed by atoms with Crippen LogP contribution in [0.3, 0.4) is 0 Å². The summed E-state index contributed by atoms with van der Waals surface area (Å²) in [6.07, 6.45) is -2.14. The molecule has 1 heterocycles. The molecule has 8 heteroatoms. The molecule has 2 aliphatic rings. The molecule has 27 heavy (non-hydrogen) atoms. The highest BCUT2D eigenvalue weighted by Crippen LogP contribution is 2.41. The molecule has 1 aliphatic carbocycles. The van der Waals surface area contributed by atoms with E-state index in [0.717, 1.165) is 17.7 Å². The average molecular weight is 381 g/mol. The molecule has 1 fully saturated rings. The van der Waals surface area contributed by atoms with Crippen molar-refractivity contribution in [1.82, 2.24) is 10.2 Å². The lowest BCUT2D eigenvalue weighted by Gasteiger charge is -2.31. The van der Waals surface area contributed by atoms with Gasteiger partial charge in [0, 0.05) is 17.5 Å². The predicted octanol–water partition coefficient (Wildman–Crippen LogP) is 3.25. The van der Waals surface area contributed by atoms with E-state index in [2.05, 4.69) is 4.99 Å². The average Bonchev–Trinajstić information content (AvgIpc) is 3.22. The van der Waals surface area contributed by atoms with Gasteiger partial charge in [-0.3, -0.25) is 14.5 Å². The van der Waals surface area contributed by atoms with E-state index in [4.69, 9.17) is 0 Å². The zero-order valence-corrected chi connectivity index (χ0v) is 15.2. The lowest BCUT2D eigenvalue weighted by atomic mass is 10.1. The number of hydrogen-bond donors (Lipinski definition) is 1. The molecule has 0 spiro atoms. The SMILES string of the molecule is CC(C)C(=O)N[C@]1(C(F)(F)F)N=C(c2ccccc2)N(C2CCCC2)C1=O. The Labute approximate surface area is 155 Å². The molecule has 1 aromatic carbocycles. The predicted molar refractivity (Wildman–Crippen MR) is 93.8 cm³/mol. The van der Waals surface area contributed by atoms with Crippen LogP contribution in [0.4, 0.5) is 13.2 Å². The monoisotopic (exact) mass is 381 g/mol. The van der Waals surface area contributed by atoms with Crippen LogP contribution in [0.1, 0.15) is 45.1 Å². The van der Waals surface area contributed by atoms with Crippen LogP contribution in [0.25, 0.3) is 0 Å². The number of carbonyl (C=O) groups excluding carboxylic acids is 2. The van der Waals surface area contributed by atoms with Gasteiger partial charge in [-0.25, -0.2) is 4.99 Å². The molecule has 1 aliphatic heterocycles. The van der Waals surface area contributed by atoms with Crippen molar-refractivity contribution in [2.24, 2.45) is 10.9 Å². The van der Waals surface area contributed by atoms with Crippen molar-refractivity contribution >= 4 is 17.6 Å². The molecule has 0 unspecified atom stereocenters. The fourth-order valence-electron chi connectivity index (χ4n) is 3.48. The molecule has 1 N–H and O–H groups in total. The molecule has 1 aromatic rings. The van der Waals surface area contributed by atoms with Crippen molar-refractivity contribution in [3.8, 4) is 0 Å². The maximum atomic E-state index is 14.1. The molecule has 1 saturated carbocycles. The number of amidine groups is 1. The molecule has 1 atom stereocenters. The van der Waals surface area contributed by atoms with E-state index in [-0.39, 0.29) is 11.9 Å². The van der Waals surface area contributed by atoms with E-state index in [1.165, 1.54) is 13.8 Å². The largest absolute Gasteiger partial charge is 0.442 e. The van der Waals surface area contributed by atoms with E-state index < -0.39 is 29.6 Å². The Kier molecular flexibility index (Phi) is 5.01. The van der Waals surface area contributed by atoms with Crippen LogP contribution >= 0.6 is 0 Å². The quantitative estimate of drug-likeness (QED) is 0.870. The number of halogens is 3. The van der Waals surface area contributed by atoms with Crippen molar-refractivity contribution in [1.29, 1.82) is 0 Å². The molecular formula is C19H22F3N3O2. The van der Waals surface area contributed by atoms with Crippen molar-refractivity contribution in [2.45, 2.75) is 57.4 Å². The maximum Gasteiger partial charge on any atom is 0.442 e. The van der Waals surface area contributed by atoms with Gasteiger partial charge >= 0.3 is 11.8 Å².